The maximum absolute atomic E-state index is 6.33. The molecule has 5 heteroatoms. The zero-order valence-electron chi connectivity index (χ0n) is 11.9. The molecule has 2 rings (SSSR count). The molecule has 1 aromatic heterocycles. The fourth-order valence-corrected chi connectivity index (χ4v) is 3.23. The third-order valence-corrected chi connectivity index (χ3v) is 4.64. The number of ether oxygens (including phenoxy) is 1. The Labute approximate surface area is 129 Å². The maximum atomic E-state index is 6.33. The van der Waals surface area contributed by atoms with Gasteiger partial charge in [0.2, 0.25) is 0 Å². The van der Waals surface area contributed by atoms with E-state index in [-0.39, 0.29) is 6.04 Å². The van der Waals surface area contributed by atoms with Gasteiger partial charge in [0.05, 0.1) is 18.3 Å². The minimum absolute atomic E-state index is 0.0104. The van der Waals surface area contributed by atoms with Gasteiger partial charge in [-0.15, -0.1) is 11.3 Å². The number of hydrogen-bond acceptors (Lipinski definition) is 4. The molecule has 0 bridgehead atoms. The van der Waals surface area contributed by atoms with Crippen LogP contribution in [0, 0.1) is 13.8 Å². The predicted molar refractivity (Wildman–Crippen MR) is 84.8 cm³/mol. The van der Waals surface area contributed by atoms with Gasteiger partial charge in [-0.05, 0) is 25.5 Å². The number of thiazole rings is 1. The molecule has 1 aromatic carbocycles. The number of halogens is 1. The first kappa shape index (κ1) is 15.4. The number of aromatic nitrogens is 1. The van der Waals surface area contributed by atoms with Crippen LogP contribution in [0.3, 0.4) is 0 Å². The third-order valence-electron chi connectivity index (χ3n) is 3.16. The SMILES string of the molecule is COCCNC(c1nc(C)c(C)s1)c1ccccc1Cl. The molecule has 0 saturated heterocycles. The van der Waals surface area contributed by atoms with Crippen molar-refractivity contribution in [1.82, 2.24) is 10.3 Å². The smallest absolute Gasteiger partial charge is 0.115 e. The van der Waals surface area contributed by atoms with Crippen molar-refractivity contribution in [3.63, 3.8) is 0 Å². The lowest BCUT2D eigenvalue weighted by molar-refractivity contribution is 0.197. The van der Waals surface area contributed by atoms with Crippen LogP contribution in [0.2, 0.25) is 5.02 Å². The molecule has 20 heavy (non-hydrogen) atoms. The Hall–Kier alpha value is -0.940. The van der Waals surface area contributed by atoms with Gasteiger partial charge in [-0.3, -0.25) is 0 Å². The van der Waals surface area contributed by atoms with Crippen molar-refractivity contribution in [3.8, 4) is 0 Å². The Balaban J connectivity index is 2.31. The Morgan fingerprint density at radius 2 is 2.10 bits per heavy atom. The average Bonchev–Trinajstić information content (AvgIpc) is 2.76. The van der Waals surface area contributed by atoms with Gasteiger partial charge in [-0.2, -0.15) is 0 Å². The van der Waals surface area contributed by atoms with Crippen LogP contribution in [0.5, 0.6) is 0 Å². The number of nitrogens with one attached hydrogen (secondary N) is 1. The summed E-state index contributed by atoms with van der Waals surface area (Å²) in [5.41, 5.74) is 2.13. The van der Waals surface area contributed by atoms with Crippen LogP contribution in [0.4, 0.5) is 0 Å². The highest BCUT2D eigenvalue weighted by molar-refractivity contribution is 7.11. The highest BCUT2D eigenvalue weighted by atomic mass is 35.5. The van der Waals surface area contributed by atoms with Gasteiger partial charge in [-0.25, -0.2) is 4.98 Å². The summed E-state index contributed by atoms with van der Waals surface area (Å²) in [4.78, 5) is 5.90. The molecule has 0 aliphatic carbocycles. The van der Waals surface area contributed by atoms with Gasteiger partial charge >= 0.3 is 0 Å². The van der Waals surface area contributed by atoms with E-state index in [0.29, 0.717) is 6.61 Å². The molecule has 108 valence electrons. The van der Waals surface area contributed by atoms with Crippen molar-refractivity contribution in [2.45, 2.75) is 19.9 Å². The molecule has 2 aromatic rings. The maximum Gasteiger partial charge on any atom is 0.115 e. The van der Waals surface area contributed by atoms with Crippen molar-refractivity contribution in [2.75, 3.05) is 20.3 Å². The summed E-state index contributed by atoms with van der Waals surface area (Å²) in [5, 5.41) is 5.28. The van der Waals surface area contributed by atoms with Gasteiger partial charge in [0, 0.05) is 23.6 Å². The number of hydrogen-bond donors (Lipinski definition) is 1. The molecule has 0 saturated carbocycles. The Kier molecular flexibility index (Phi) is 5.54. The van der Waals surface area contributed by atoms with Crippen LogP contribution >= 0.6 is 22.9 Å². The molecule has 0 aliphatic rings. The molecule has 1 N–H and O–H groups in total. The molecule has 1 heterocycles. The molecule has 3 nitrogen and oxygen atoms in total. The largest absolute Gasteiger partial charge is 0.383 e. The second-order valence-corrected chi connectivity index (χ2v) is 6.24. The van der Waals surface area contributed by atoms with Crippen LogP contribution in [0.1, 0.15) is 27.2 Å². The van der Waals surface area contributed by atoms with Gasteiger partial charge < -0.3 is 10.1 Å². The zero-order chi connectivity index (χ0) is 14.5. The standard InChI is InChI=1S/C15H19ClN2OS/c1-10-11(2)20-15(18-10)14(17-8-9-19-3)12-6-4-5-7-13(12)16/h4-7,14,17H,8-9H2,1-3H3. The highest BCUT2D eigenvalue weighted by Gasteiger charge is 2.20. The number of aryl methyl sites for hydroxylation is 2. The second-order valence-electron chi connectivity index (χ2n) is 4.60. The van der Waals surface area contributed by atoms with E-state index in [2.05, 4.69) is 17.2 Å². The minimum Gasteiger partial charge on any atom is -0.383 e. The quantitative estimate of drug-likeness (QED) is 0.825. The number of benzene rings is 1. The summed E-state index contributed by atoms with van der Waals surface area (Å²) in [6.07, 6.45) is 0. The van der Waals surface area contributed by atoms with Gasteiger partial charge in [0.25, 0.3) is 0 Å². The fraction of sp³-hybridized carbons (Fsp3) is 0.400. The monoisotopic (exact) mass is 310 g/mol. The lowest BCUT2D eigenvalue weighted by atomic mass is 10.1. The van der Waals surface area contributed by atoms with E-state index in [1.54, 1.807) is 18.4 Å². The summed E-state index contributed by atoms with van der Waals surface area (Å²) in [6, 6.07) is 7.90. The molecule has 0 fully saturated rings. The number of methoxy groups -OCH3 is 1. The first-order valence-corrected chi connectivity index (χ1v) is 7.73. The van der Waals surface area contributed by atoms with Crippen LogP contribution in [-0.4, -0.2) is 25.2 Å². The third kappa shape index (κ3) is 3.58. The van der Waals surface area contributed by atoms with E-state index in [4.69, 9.17) is 16.3 Å². The normalized spacial score (nSPS) is 12.6. The van der Waals surface area contributed by atoms with E-state index < -0.39 is 0 Å². The molecule has 1 unspecified atom stereocenters. The zero-order valence-corrected chi connectivity index (χ0v) is 13.5. The fourth-order valence-electron chi connectivity index (χ4n) is 1.97. The predicted octanol–water partition coefficient (Wildman–Crippen LogP) is 3.74. The first-order chi connectivity index (χ1) is 9.63. The number of nitrogens with zero attached hydrogens (tertiary/aromatic N) is 1. The van der Waals surface area contributed by atoms with Crippen molar-refractivity contribution < 1.29 is 4.74 Å². The Morgan fingerprint density at radius 1 is 1.35 bits per heavy atom. The van der Waals surface area contributed by atoms with Crippen molar-refractivity contribution in [1.29, 1.82) is 0 Å². The minimum atomic E-state index is 0.0104. The van der Waals surface area contributed by atoms with Crippen molar-refractivity contribution in [2.24, 2.45) is 0 Å². The van der Waals surface area contributed by atoms with Crippen LogP contribution in [0.15, 0.2) is 24.3 Å². The average molecular weight is 311 g/mol. The van der Waals surface area contributed by atoms with E-state index >= 15 is 0 Å². The summed E-state index contributed by atoms with van der Waals surface area (Å²) in [7, 11) is 1.70. The van der Waals surface area contributed by atoms with E-state index in [1.807, 2.05) is 31.2 Å². The van der Waals surface area contributed by atoms with E-state index in [1.165, 1.54) is 4.88 Å². The van der Waals surface area contributed by atoms with Crippen LogP contribution in [0.25, 0.3) is 0 Å². The molecule has 0 amide bonds. The highest BCUT2D eigenvalue weighted by Crippen LogP contribution is 2.31. The summed E-state index contributed by atoms with van der Waals surface area (Å²) in [5.74, 6) is 0. The molecule has 1 atom stereocenters. The van der Waals surface area contributed by atoms with Gasteiger partial charge in [0.15, 0.2) is 0 Å². The van der Waals surface area contributed by atoms with Gasteiger partial charge in [0.1, 0.15) is 5.01 Å². The van der Waals surface area contributed by atoms with Crippen molar-refractivity contribution >= 4 is 22.9 Å². The second kappa shape index (κ2) is 7.18. The summed E-state index contributed by atoms with van der Waals surface area (Å²) >= 11 is 8.04. The summed E-state index contributed by atoms with van der Waals surface area (Å²) < 4.78 is 5.11. The van der Waals surface area contributed by atoms with E-state index in [9.17, 15) is 0 Å². The van der Waals surface area contributed by atoms with Crippen LogP contribution < -0.4 is 5.32 Å². The van der Waals surface area contributed by atoms with Gasteiger partial charge in [-0.1, -0.05) is 29.8 Å². The molecule has 0 aliphatic heterocycles. The number of rotatable bonds is 6. The van der Waals surface area contributed by atoms with Crippen molar-refractivity contribution in [3.05, 3.63) is 50.4 Å². The lowest BCUT2D eigenvalue weighted by Gasteiger charge is -2.18. The molecule has 0 spiro atoms. The topological polar surface area (TPSA) is 34.1 Å². The Bertz CT molecular complexity index is 551. The van der Waals surface area contributed by atoms with Crippen LogP contribution in [-0.2, 0) is 4.74 Å². The van der Waals surface area contributed by atoms with E-state index in [0.717, 1.165) is 27.8 Å². The molecular weight excluding hydrogens is 292 g/mol. The first-order valence-electron chi connectivity index (χ1n) is 6.54. The Morgan fingerprint density at radius 3 is 2.70 bits per heavy atom. The molecular formula is C15H19ClN2OS. The summed E-state index contributed by atoms with van der Waals surface area (Å²) in [6.45, 7) is 5.54. The lowest BCUT2D eigenvalue weighted by Crippen LogP contribution is -2.26. The molecule has 0 radical (unpaired) electrons.